The highest BCUT2D eigenvalue weighted by Gasteiger charge is 2.26. The first-order chi connectivity index (χ1) is 10.3. The van der Waals surface area contributed by atoms with Crippen LogP contribution in [-0.2, 0) is 0 Å². The van der Waals surface area contributed by atoms with Crippen LogP contribution in [0, 0.1) is 0 Å². The molecule has 1 aliphatic rings. The van der Waals surface area contributed by atoms with Gasteiger partial charge in [0.25, 0.3) is 0 Å². The summed E-state index contributed by atoms with van der Waals surface area (Å²) in [5.41, 5.74) is 7.63. The van der Waals surface area contributed by atoms with Crippen molar-refractivity contribution in [3.8, 4) is 16.3 Å². The van der Waals surface area contributed by atoms with Gasteiger partial charge in [-0.15, -0.1) is 10.2 Å². The van der Waals surface area contributed by atoms with Gasteiger partial charge in [-0.25, -0.2) is 0 Å². The lowest BCUT2D eigenvalue weighted by molar-refractivity contribution is 0.395. The molecule has 0 atom stereocenters. The van der Waals surface area contributed by atoms with E-state index in [2.05, 4.69) is 15.3 Å². The number of ether oxygens (including phenoxy) is 1. The Morgan fingerprint density at radius 3 is 2.90 bits per heavy atom. The number of nitrogens with two attached hydrogens (primary N) is 1. The maximum absolute atomic E-state index is 6.07. The van der Waals surface area contributed by atoms with Gasteiger partial charge in [0.1, 0.15) is 10.8 Å². The molecular weight excluding hydrogens is 286 g/mol. The molecule has 3 aromatic rings. The molecule has 0 aliphatic heterocycles. The average molecular weight is 301 g/mol. The number of hydrogen-bond donors (Lipinski definition) is 1. The van der Waals surface area contributed by atoms with Gasteiger partial charge in [0, 0.05) is 17.2 Å². The number of benzene rings is 1. The average Bonchev–Trinajstić information content (AvgIpc) is 2.99. The lowest BCUT2D eigenvalue weighted by atomic mass is 9.85. The van der Waals surface area contributed by atoms with Crippen LogP contribution in [0.3, 0.4) is 0 Å². The van der Waals surface area contributed by atoms with Crippen LogP contribution in [0.4, 0.5) is 5.69 Å². The number of rotatable bonds is 3. The Morgan fingerprint density at radius 1 is 1.33 bits per heavy atom. The summed E-state index contributed by atoms with van der Waals surface area (Å²) in [7, 11) is 1.64. The SMILES string of the molecule is COc1ccc(N)c(-c2nn3c(C4CCC4)nnc3s2)c1. The highest BCUT2D eigenvalue weighted by molar-refractivity contribution is 7.19. The zero-order valence-electron chi connectivity index (χ0n) is 11.6. The quantitative estimate of drug-likeness (QED) is 0.752. The number of anilines is 1. The van der Waals surface area contributed by atoms with Crippen molar-refractivity contribution >= 4 is 22.0 Å². The molecule has 2 heterocycles. The number of nitrogen functional groups attached to an aromatic ring is 1. The van der Waals surface area contributed by atoms with Crippen LogP contribution in [-0.4, -0.2) is 26.9 Å². The lowest BCUT2D eigenvalue weighted by Crippen LogP contribution is -2.13. The molecule has 2 aromatic heterocycles. The standard InChI is InChI=1S/C14H15N5OS/c1-20-9-5-6-11(15)10(7-9)13-18-19-12(8-3-2-4-8)16-17-14(19)21-13/h5-8H,2-4,15H2,1H3. The fraction of sp³-hybridized carbons (Fsp3) is 0.357. The molecule has 0 amide bonds. The molecule has 0 unspecified atom stereocenters. The summed E-state index contributed by atoms with van der Waals surface area (Å²) < 4.78 is 7.13. The van der Waals surface area contributed by atoms with Crippen molar-refractivity contribution in [2.45, 2.75) is 25.2 Å². The molecule has 2 N–H and O–H groups in total. The summed E-state index contributed by atoms with van der Waals surface area (Å²) in [4.78, 5) is 0.814. The van der Waals surface area contributed by atoms with E-state index in [1.807, 2.05) is 22.7 Å². The summed E-state index contributed by atoms with van der Waals surface area (Å²) in [6, 6.07) is 5.59. The van der Waals surface area contributed by atoms with Crippen LogP contribution in [0.5, 0.6) is 5.75 Å². The van der Waals surface area contributed by atoms with Gasteiger partial charge in [0.15, 0.2) is 5.82 Å². The predicted molar refractivity (Wildman–Crippen MR) is 81.7 cm³/mol. The maximum atomic E-state index is 6.07. The predicted octanol–water partition coefficient (Wildman–Crippen LogP) is 2.71. The monoisotopic (exact) mass is 301 g/mol. The van der Waals surface area contributed by atoms with Gasteiger partial charge in [0.2, 0.25) is 4.96 Å². The molecule has 1 fully saturated rings. The summed E-state index contributed by atoms with van der Waals surface area (Å²) in [5.74, 6) is 2.24. The van der Waals surface area contributed by atoms with Gasteiger partial charge in [-0.3, -0.25) is 0 Å². The molecule has 0 radical (unpaired) electrons. The van der Waals surface area contributed by atoms with Gasteiger partial charge < -0.3 is 10.5 Å². The zero-order chi connectivity index (χ0) is 14.4. The molecule has 0 spiro atoms. The van der Waals surface area contributed by atoms with E-state index in [0.29, 0.717) is 11.6 Å². The minimum atomic E-state index is 0.498. The van der Waals surface area contributed by atoms with E-state index in [4.69, 9.17) is 10.5 Å². The van der Waals surface area contributed by atoms with Crippen molar-refractivity contribution in [2.24, 2.45) is 0 Å². The minimum absolute atomic E-state index is 0.498. The maximum Gasteiger partial charge on any atom is 0.234 e. The Bertz CT molecular complexity index is 805. The van der Waals surface area contributed by atoms with E-state index in [1.165, 1.54) is 30.6 Å². The van der Waals surface area contributed by atoms with Crippen molar-refractivity contribution < 1.29 is 4.74 Å². The summed E-state index contributed by atoms with van der Waals surface area (Å²) in [6.45, 7) is 0. The fourth-order valence-corrected chi connectivity index (χ4v) is 3.39. The molecule has 1 aliphatic carbocycles. The molecule has 0 saturated heterocycles. The molecule has 1 saturated carbocycles. The molecule has 7 heteroatoms. The number of methoxy groups -OCH3 is 1. The molecule has 6 nitrogen and oxygen atoms in total. The van der Waals surface area contributed by atoms with Crippen LogP contribution in [0.1, 0.15) is 31.0 Å². The molecular formula is C14H15N5OS. The van der Waals surface area contributed by atoms with Gasteiger partial charge in [-0.1, -0.05) is 17.8 Å². The third-order valence-electron chi connectivity index (χ3n) is 3.98. The first kappa shape index (κ1) is 12.6. The third kappa shape index (κ3) is 1.96. The van der Waals surface area contributed by atoms with Crippen molar-refractivity contribution in [1.29, 1.82) is 0 Å². The number of fused-ring (bicyclic) bond motifs is 1. The fourth-order valence-electron chi connectivity index (χ4n) is 2.51. The van der Waals surface area contributed by atoms with E-state index in [-0.39, 0.29) is 0 Å². The largest absolute Gasteiger partial charge is 0.497 e. The van der Waals surface area contributed by atoms with Crippen LogP contribution in [0.15, 0.2) is 18.2 Å². The second kappa shape index (κ2) is 4.70. The Balaban J connectivity index is 1.81. The van der Waals surface area contributed by atoms with Crippen LogP contribution >= 0.6 is 11.3 Å². The smallest absolute Gasteiger partial charge is 0.234 e. The van der Waals surface area contributed by atoms with Crippen LogP contribution in [0.25, 0.3) is 15.5 Å². The third-order valence-corrected chi connectivity index (χ3v) is 4.91. The van der Waals surface area contributed by atoms with Crippen LogP contribution in [0.2, 0.25) is 0 Å². The minimum Gasteiger partial charge on any atom is -0.497 e. The highest BCUT2D eigenvalue weighted by atomic mass is 32.1. The second-order valence-electron chi connectivity index (χ2n) is 5.24. The van der Waals surface area contributed by atoms with Gasteiger partial charge in [-0.05, 0) is 31.0 Å². The van der Waals surface area contributed by atoms with Crippen molar-refractivity contribution in [1.82, 2.24) is 19.8 Å². The van der Waals surface area contributed by atoms with Gasteiger partial charge in [0.05, 0.1) is 7.11 Å². The van der Waals surface area contributed by atoms with E-state index in [0.717, 1.165) is 27.1 Å². The number of hydrogen-bond acceptors (Lipinski definition) is 6. The van der Waals surface area contributed by atoms with Crippen molar-refractivity contribution in [2.75, 3.05) is 12.8 Å². The summed E-state index contributed by atoms with van der Waals surface area (Å²) in [6.07, 6.45) is 3.61. The second-order valence-corrected chi connectivity index (χ2v) is 6.20. The first-order valence-electron chi connectivity index (χ1n) is 6.92. The normalized spacial score (nSPS) is 15.3. The highest BCUT2D eigenvalue weighted by Crippen LogP contribution is 2.37. The van der Waals surface area contributed by atoms with E-state index < -0.39 is 0 Å². The van der Waals surface area contributed by atoms with E-state index in [1.54, 1.807) is 7.11 Å². The molecule has 21 heavy (non-hydrogen) atoms. The Hall–Kier alpha value is -2.15. The first-order valence-corrected chi connectivity index (χ1v) is 7.74. The van der Waals surface area contributed by atoms with E-state index in [9.17, 15) is 0 Å². The summed E-state index contributed by atoms with van der Waals surface area (Å²) >= 11 is 1.50. The van der Waals surface area contributed by atoms with Crippen molar-refractivity contribution in [3.05, 3.63) is 24.0 Å². The Morgan fingerprint density at radius 2 is 2.19 bits per heavy atom. The van der Waals surface area contributed by atoms with E-state index >= 15 is 0 Å². The lowest BCUT2D eigenvalue weighted by Gasteiger charge is -2.22. The number of nitrogens with zero attached hydrogens (tertiary/aromatic N) is 4. The van der Waals surface area contributed by atoms with Crippen molar-refractivity contribution in [3.63, 3.8) is 0 Å². The molecule has 4 rings (SSSR count). The Labute approximate surface area is 125 Å². The number of aromatic nitrogens is 4. The van der Waals surface area contributed by atoms with Gasteiger partial charge >= 0.3 is 0 Å². The molecule has 108 valence electrons. The van der Waals surface area contributed by atoms with Crippen LogP contribution < -0.4 is 10.5 Å². The topological polar surface area (TPSA) is 78.3 Å². The van der Waals surface area contributed by atoms with Gasteiger partial charge in [-0.2, -0.15) is 9.61 Å². The molecule has 0 bridgehead atoms. The zero-order valence-corrected chi connectivity index (χ0v) is 12.4. The Kier molecular flexibility index (Phi) is 2.81. The summed E-state index contributed by atoms with van der Waals surface area (Å²) in [5, 5.41) is 14.0. The molecule has 1 aromatic carbocycles.